The molecule has 2 fully saturated rings. The molecule has 1 unspecified atom stereocenters. The number of hydrazine groups is 2. The van der Waals surface area contributed by atoms with Crippen LogP contribution in [0.15, 0.2) is 122 Å². The molecule has 2 saturated heterocycles. The number of aromatic nitrogens is 9. The van der Waals surface area contributed by atoms with Crippen LogP contribution in [0.2, 0.25) is 10.0 Å². The molecule has 2 aliphatic heterocycles. The highest BCUT2D eigenvalue weighted by Gasteiger charge is 2.30. The maximum atomic E-state index is 15.6. The second kappa shape index (κ2) is 22.3. The van der Waals surface area contributed by atoms with Crippen molar-refractivity contribution in [3.05, 3.63) is 161 Å². The summed E-state index contributed by atoms with van der Waals surface area (Å²) in [6.07, 6.45) is 10.0. The van der Waals surface area contributed by atoms with E-state index in [0.717, 1.165) is 23.5 Å². The fraction of sp³-hybridized carbons (Fsp3) is 0.163. The molecule has 6 N–H and O–H groups in total. The van der Waals surface area contributed by atoms with Gasteiger partial charge in [-0.2, -0.15) is 9.97 Å². The summed E-state index contributed by atoms with van der Waals surface area (Å²) in [5.74, 6) is -2.16. The van der Waals surface area contributed by atoms with E-state index in [1.54, 1.807) is 70.9 Å². The van der Waals surface area contributed by atoms with Crippen molar-refractivity contribution < 1.29 is 27.8 Å². The van der Waals surface area contributed by atoms with Gasteiger partial charge in [0.15, 0.2) is 29.1 Å². The summed E-state index contributed by atoms with van der Waals surface area (Å²) in [6, 6.07) is 22.0. The van der Waals surface area contributed by atoms with Gasteiger partial charge < -0.3 is 29.9 Å². The fourth-order valence-corrected chi connectivity index (χ4v) is 8.35. The lowest BCUT2D eigenvalue weighted by atomic mass is 10.1. The Morgan fingerprint density at radius 2 is 1.19 bits per heavy atom. The van der Waals surface area contributed by atoms with Crippen LogP contribution >= 0.6 is 23.2 Å². The summed E-state index contributed by atoms with van der Waals surface area (Å²) >= 11 is 13.0. The first-order chi connectivity index (χ1) is 36.1. The number of amides is 2. The fourth-order valence-electron chi connectivity index (χ4n) is 7.88. The molecule has 8 heterocycles. The van der Waals surface area contributed by atoms with Gasteiger partial charge in [0.2, 0.25) is 11.9 Å². The molecule has 0 radical (unpaired) electrons. The van der Waals surface area contributed by atoms with E-state index in [2.05, 4.69) is 72.2 Å². The number of anilines is 8. The molecule has 25 heteroatoms. The number of pyridine rings is 3. The van der Waals surface area contributed by atoms with Crippen LogP contribution in [0.5, 0.6) is 0 Å². The topological polar surface area (TPSA) is 247 Å². The summed E-state index contributed by atoms with van der Waals surface area (Å²) in [4.78, 5) is 68.3. The molecule has 0 aliphatic carbocycles. The van der Waals surface area contributed by atoms with E-state index in [9.17, 15) is 14.0 Å². The molecule has 0 bridgehead atoms. The average molecular weight is 1040 g/mol. The van der Waals surface area contributed by atoms with Gasteiger partial charge in [-0.15, -0.1) is 0 Å². The Morgan fingerprint density at radius 3 is 1.81 bits per heavy atom. The highest BCUT2D eigenvalue weighted by Crippen LogP contribution is 2.33. The molecule has 374 valence electrons. The number of hydrogen-bond donors (Lipinski definition) is 6. The van der Waals surface area contributed by atoms with Gasteiger partial charge in [-0.25, -0.2) is 38.7 Å². The Balaban J connectivity index is 0.767. The molecule has 0 spiro atoms. The predicted molar refractivity (Wildman–Crippen MR) is 272 cm³/mol. The normalized spacial score (nSPS) is 14.5. The maximum absolute atomic E-state index is 15.6. The van der Waals surface area contributed by atoms with E-state index in [1.165, 1.54) is 24.5 Å². The number of hydrogen-bond acceptors (Lipinski definition) is 19. The second-order valence-electron chi connectivity index (χ2n) is 16.4. The first kappa shape index (κ1) is 48.8. The van der Waals surface area contributed by atoms with E-state index < -0.39 is 29.5 Å². The average Bonchev–Trinajstić information content (AvgIpc) is 3.43. The Kier molecular flexibility index (Phi) is 14.7. The smallest absolute Gasteiger partial charge is 0.288 e. The van der Waals surface area contributed by atoms with Crippen molar-refractivity contribution in [1.82, 2.24) is 55.7 Å². The monoisotopic (exact) mass is 1040 g/mol. The number of carbonyl (C=O) groups excluding carboxylic acids is 2. The predicted octanol–water partition coefficient (Wildman–Crippen LogP) is 7.58. The van der Waals surface area contributed by atoms with Gasteiger partial charge in [0, 0.05) is 70.8 Å². The van der Waals surface area contributed by atoms with Gasteiger partial charge in [-0.1, -0.05) is 29.3 Å². The van der Waals surface area contributed by atoms with Crippen molar-refractivity contribution in [3.63, 3.8) is 0 Å². The van der Waals surface area contributed by atoms with Gasteiger partial charge in [-0.3, -0.25) is 36.3 Å². The Bertz CT molecular complexity index is 3310. The minimum Gasteiger partial charge on any atom is -0.378 e. The zero-order valence-electron chi connectivity index (χ0n) is 38.6. The first-order valence-electron chi connectivity index (χ1n) is 22.7. The van der Waals surface area contributed by atoms with Crippen LogP contribution in [0, 0.1) is 11.6 Å². The number of carbonyl (C=O) groups is 2. The molecule has 2 amide bonds. The third kappa shape index (κ3) is 11.8. The van der Waals surface area contributed by atoms with Crippen LogP contribution in [-0.4, -0.2) is 103 Å². The number of halogens is 4. The number of rotatable bonds is 15. The summed E-state index contributed by atoms with van der Waals surface area (Å²) in [5.41, 5.74) is 15.7. The van der Waals surface area contributed by atoms with Crippen LogP contribution in [0.25, 0.3) is 22.5 Å². The lowest BCUT2D eigenvalue weighted by Crippen LogP contribution is -2.41. The van der Waals surface area contributed by atoms with Gasteiger partial charge in [0.1, 0.15) is 11.4 Å². The molecule has 2 aromatic carbocycles. The highest BCUT2D eigenvalue weighted by atomic mass is 35.5. The molecular weight excluding hydrogens is 1000 g/mol. The third-order valence-corrected chi connectivity index (χ3v) is 11.8. The Labute approximate surface area is 430 Å². The summed E-state index contributed by atoms with van der Waals surface area (Å²) < 4.78 is 41.3. The lowest BCUT2D eigenvalue weighted by molar-refractivity contribution is 0.0921. The number of morpholine rings is 2. The standard InChI is InChI=1S/C49H41Cl2F2N17O4/c50-31-16-29(28-2-1-8-54-22-28)18-35(20-31)60-33-3-5-41(56-23-33)47(72)66-68-49-59-26-38(53)45(64-49)70-12-15-74-27-42(70)39-7-9-55-43(62-39)30-17-32(51)21-36(19-30)61-34-4-6-40(57-24-34)46(71)65-67-48-58-25-37(52)44(63-48)69-10-13-73-14-11-69/h1-9,16-26,42,60-61H,10-15,27H2,(H,65,71)(H,66,72)(H,58,63,67)(H,59,64,68). The molecule has 1 atom stereocenters. The molecule has 74 heavy (non-hydrogen) atoms. The van der Waals surface area contributed by atoms with Crippen molar-refractivity contribution >= 4 is 81.3 Å². The Morgan fingerprint density at radius 1 is 0.581 bits per heavy atom. The SMILES string of the molecule is O=C(NNc1ncc(F)c(N2CCOCC2)n1)c1ccc(Nc2cc(Cl)cc(-c3nccc(C4COCCN4c4nc(NNC(=O)c5ccc(Nc6cc(Cl)cc(-c7cccnc7)c6)cn5)ncc4F)n3)c2)cn1. The highest BCUT2D eigenvalue weighted by molar-refractivity contribution is 6.31. The third-order valence-electron chi connectivity index (χ3n) is 11.4. The van der Waals surface area contributed by atoms with Gasteiger partial charge in [-0.05, 0) is 78.4 Å². The maximum Gasteiger partial charge on any atom is 0.288 e. The van der Waals surface area contributed by atoms with Gasteiger partial charge in [0.25, 0.3) is 11.8 Å². The van der Waals surface area contributed by atoms with Gasteiger partial charge in [0.05, 0.1) is 74.3 Å². The quantitative estimate of drug-likeness (QED) is 0.0542. The van der Waals surface area contributed by atoms with E-state index in [-0.39, 0.29) is 54.7 Å². The molecule has 2 aliphatic rings. The largest absolute Gasteiger partial charge is 0.378 e. The number of benzene rings is 2. The van der Waals surface area contributed by atoms with Crippen molar-refractivity contribution in [2.24, 2.45) is 0 Å². The first-order valence-corrected chi connectivity index (χ1v) is 23.5. The summed E-state index contributed by atoms with van der Waals surface area (Å²) in [5, 5.41) is 7.40. The molecule has 6 aromatic heterocycles. The van der Waals surface area contributed by atoms with Crippen LogP contribution in [0.3, 0.4) is 0 Å². The zero-order chi connectivity index (χ0) is 51.0. The molecule has 8 aromatic rings. The number of nitrogens with zero attached hydrogens (tertiary/aromatic N) is 11. The van der Waals surface area contributed by atoms with Crippen LogP contribution in [0.1, 0.15) is 32.7 Å². The van der Waals surface area contributed by atoms with Crippen LogP contribution < -0.4 is 42.1 Å². The van der Waals surface area contributed by atoms with Crippen molar-refractivity contribution in [2.75, 3.05) is 77.3 Å². The minimum absolute atomic E-state index is 0.000483. The number of ether oxygens (including phenoxy) is 2. The molecular formula is C49H41Cl2F2N17O4. The van der Waals surface area contributed by atoms with E-state index in [4.69, 9.17) is 37.7 Å². The molecule has 10 rings (SSSR count). The number of nitrogens with one attached hydrogen (secondary N) is 6. The summed E-state index contributed by atoms with van der Waals surface area (Å²) in [7, 11) is 0. The van der Waals surface area contributed by atoms with E-state index in [1.807, 2.05) is 24.3 Å². The zero-order valence-corrected chi connectivity index (χ0v) is 40.2. The van der Waals surface area contributed by atoms with Crippen molar-refractivity contribution in [2.45, 2.75) is 6.04 Å². The molecule has 21 nitrogen and oxygen atoms in total. The Hall–Kier alpha value is -8.77. The second-order valence-corrected chi connectivity index (χ2v) is 17.3. The van der Waals surface area contributed by atoms with E-state index in [0.29, 0.717) is 76.2 Å². The molecule has 0 saturated carbocycles. The van der Waals surface area contributed by atoms with Gasteiger partial charge >= 0.3 is 0 Å². The lowest BCUT2D eigenvalue weighted by Gasteiger charge is -2.36. The minimum atomic E-state index is -0.705. The summed E-state index contributed by atoms with van der Waals surface area (Å²) in [6.45, 7) is 2.51. The van der Waals surface area contributed by atoms with Crippen LogP contribution in [-0.2, 0) is 9.47 Å². The van der Waals surface area contributed by atoms with Crippen molar-refractivity contribution in [3.8, 4) is 22.5 Å². The van der Waals surface area contributed by atoms with Crippen molar-refractivity contribution in [1.29, 1.82) is 0 Å². The van der Waals surface area contributed by atoms with Crippen LogP contribution in [0.4, 0.5) is 55.1 Å². The van der Waals surface area contributed by atoms with E-state index >= 15 is 4.39 Å².